The maximum atomic E-state index is 12.8. The molecular formula is C22H33N3O5. The van der Waals surface area contributed by atoms with Crippen LogP contribution in [0.4, 0.5) is 0 Å². The van der Waals surface area contributed by atoms with Crippen LogP contribution in [0.25, 0.3) is 0 Å². The number of carboxylic acid groups (broad SMARTS) is 1. The van der Waals surface area contributed by atoms with Crippen LogP contribution in [0, 0.1) is 11.8 Å². The van der Waals surface area contributed by atoms with Crippen molar-refractivity contribution < 1.29 is 24.6 Å². The molecule has 1 aliphatic carbocycles. The van der Waals surface area contributed by atoms with Crippen LogP contribution in [-0.2, 0) is 20.8 Å². The van der Waals surface area contributed by atoms with Gasteiger partial charge in [0.25, 0.3) is 6.47 Å². The summed E-state index contributed by atoms with van der Waals surface area (Å²) in [5.74, 6) is 0.725. The lowest BCUT2D eigenvalue weighted by molar-refractivity contribution is -0.140. The van der Waals surface area contributed by atoms with Crippen LogP contribution >= 0.6 is 0 Å². The molecule has 2 aliphatic rings. The predicted octanol–water partition coefficient (Wildman–Crippen LogP) is 1.62. The van der Waals surface area contributed by atoms with E-state index < -0.39 is 6.10 Å². The molecule has 2 amide bonds. The third-order valence-corrected chi connectivity index (χ3v) is 5.99. The highest BCUT2D eigenvalue weighted by molar-refractivity contribution is 5.80. The molecule has 166 valence electrons. The lowest BCUT2D eigenvalue weighted by Gasteiger charge is -2.37. The van der Waals surface area contributed by atoms with Crippen molar-refractivity contribution in [3.8, 4) is 0 Å². The van der Waals surface area contributed by atoms with Crippen molar-refractivity contribution in [1.82, 2.24) is 15.2 Å². The molecule has 2 fully saturated rings. The number of pyridine rings is 1. The fourth-order valence-corrected chi connectivity index (χ4v) is 4.11. The predicted molar refractivity (Wildman–Crippen MR) is 112 cm³/mol. The van der Waals surface area contributed by atoms with Gasteiger partial charge in [-0.25, -0.2) is 0 Å². The van der Waals surface area contributed by atoms with E-state index >= 15 is 0 Å². The second-order valence-electron chi connectivity index (χ2n) is 8.22. The molecule has 30 heavy (non-hydrogen) atoms. The molecule has 1 saturated carbocycles. The van der Waals surface area contributed by atoms with Crippen molar-refractivity contribution in [3.05, 3.63) is 30.1 Å². The van der Waals surface area contributed by atoms with Crippen LogP contribution in [0.2, 0.25) is 0 Å². The molecule has 3 rings (SSSR count). The number of aromatic nitrogens is 1. The Bertz CT molecular complexity index is 677. The molecule has 0 bridgehead atoms. The first kappa shape index (κ1) is 23.8. The van der Waals surface area contributed by atoms with Gasteiger partial charge >= 0.3 is 0 Å². The number of hydrogen-bond donors (Lipinski definition) is 3. The molecule has 0 radical (unpaired) electrons. The quantitative estimate of drug-likeness (QED) is 0.624. The molecular weight excluding hydrogens is 386 g/mol. The van der Waals surface area contributed by atoms with Gasteiger partial charge in [0, 0.05) is 37.8 Å². The third-order valence-electron chi connectivity index (χ3n) is 5.99. The van der Waals surface area contributed by atoms with Crippen LogP contribution in [-0.4, -0.2) is 63.6 Å². The molecule has 1 aromatic rings. The summed E-state index contributed by atoms with van der Waals surface area (Å²) in [6, 6.07) is 3.47. The van der Waals surface area contributed by atoms with Gasteiger partial charge < -0.3 is 20.4 Å². The van der Waals surface area contributed by atoms with Crippen molar-refractivity contribution in [2.24, 2.45) is 11.8 Å². The average Bonchev–Trinajstić information content (AvgIpc) is 2.75. The van der Waals surface area contributed by atoms with Gasteiger partial charge in [0.1, 0.15) is 0 Å². The lowest BCUT2D eigenvalue weighted by Crippen LogP contribution is -2.51. The van der Waals surface area contributed by atoms with E-state index in [1.54, 1.807) is 12.4 Å². The minimum absolute atomic E-state index is 0.0734. The molecule has 0 spiro atoms. The van der Waals surface area contributed by atoms with Crippen LogP contribution in [0.3, 0.4) is 0 Å². The highest BCUT2D eigenvalue weighted by Gasteiger charge is 2.36. The van der Waals surface area contributed by atoms with Crippen LogP contribution in [0.15, 0.2) is 24.5 Å². The summed E-state index contributed by atoms with van der Waals surface area (Å²) in [6.07, 6.45) is 7.82. The number of hydrogen-bond acceptors (Lipinski definition) is 5. The van der Waals surface area contributed by atoms with E-state index in [1.807, 2.05) is 17.0 Å². The zero-order valence-corrected chi connectivity index (χ0v) is 17.6. The van der Waals surface area contributed by atoms with Crippen LogP contribution < -0.4 is 5.32 Å². The Morgan fingerprint density at radius 1 is 1.20 bits per heavy atom. The summed E-state index contributed by atoms with van der Waals surface area (Å²) < 4.78 is 0. The molecule has 0 aromatic carbocycles. The first-order valence-electron chi connectivity index (χ1n) is 10.7. The second kappa shape index (κ2) is 12.3. The first-order valence-corrected chi connectivity index (χ1v) is 10.7. The van der Waals surface area contributed by atoms with Gasteiger partial charge in [-0.05, 0) is 62.1 Å². The Hall–Kier alpha value is -2.48. The minimum atomic E-state index is -0.569. The Balaban J connectivity index is 0.00000101. The Morgan fingerprint density at radius 3 is 2.47 bits per heavy atom. The van der Waals surface area contributed by atoms with Gasteiger partial charge in [-0.3, -0.25) is 19.4 Å². The summed E-state index contributed by atoms with van der Waals surface area (Å²) in [7, 11) is 0. The maximum absolute atomic E-state index is 12.8. The Kier molecular flexibility index (Phi) is 9.73. The number of carbonyl (C=O) groups is 3. The molecule has 1 aromatic heterocycles. The first-order chi connectivity index (χ1) is 14.4. The molecule has 8 heteroatoms. The molecule has 1 aliphatic heterocycles. The summed E-state index contributed by atoms with van der Waals surface area (Å²) in [4.78, 5) is 39.5. The monoisotopic (exact) mass is 419 g/mol. The largest absolute Gasteiger partial charge is 0.483 e. The van der Waals surface area contributed by atoms with Gasteiger partial charge in [-0.1, -0.05) is 6.92 Å². The fraction of sp³-hybridized carbons (Fsp3) is 0.636. The number of aliphatic hydroxyl groups excluding tert-OH is 1. The summed E-state index contributed by atoms with van der Waals surface area (Å²) in [5, 5.41) is 20.1. The molecule has 3 N–H and O–H groups in total. The maximum Gasteiger partial charge on any atom is 0.290 e. The third kappa shape index (κ3) is 7.40. The highest BCUT2D eigenvalue weighted by Crippen LogP contribution is 2.28. The smallest absolute Gasteiger partial charge is 0.290 e. The second-order valence-corrected chi connectivity index (χ2v) is 8.22. The number of nitrogens with zero attached hydrogens (tertiary/aromatic N) is 2. The van der Waals surface area contributed by atoms with E-state index in [0.717, 1.165) is 31.5 Å². The topological polar surface area (TPSA) is 120 Å². The van der Waals surface area contributed by atoms with E-state index in [2.05, 4.69) is 17.2 Å². The molecule has 3 atom stereocenters. The fourth-order valence-electron chi connectivity index (χ4n) is 4.11. The van der Waals surface area contributed by atoms with E-state index in [1.165, 1.54) is 0 Å². The summed E-state index contributed by atoms with van der Waals surface area (Å²) in [6.45, 7) is 3.65. The van der Waals surface area contributed by atoms with E-state index in [-0.39, 0.29) is 30.2 Å². The van der Waals surface area contributed by atoms with Crippen molar-refractivity contribution in [1.29, 1.82) is 0 Å². The molecule has 0 unspecified atom stereocenters. The molecule has 2 heterocycles. The van der Waals surface area contributed by atoms with Crippen molar-refractivity contribution >= 4 is 18.3 Å². The Labute approximate surface area is 177 Å². The molecule has 8 nitrogen and oxygen atoms in total. The van der Waals surface area contributed by atoms with Gasteiger partial charge in [0.05, 0.1) is 12.1 Å². The zero-order valence-electron chi connectivity index (χ0n) is 17.6. The van der Waals surface area contributed by atoms with E-state index in [4.69, 9.17) is 9.90 Å². The van der Waals surface area contributed by atoms with E-state index in [9.17, 15) is 14.7 Å². The summed E-state index contributed by atoms with van der Waals surface area (Å²) >= 11 is 0. The van der Waals surface area contributed by atoms with Crippen LogP contribution in [0.5, 0.6) is 0 Å². The number of likely N-dealkylation sites (tertiary alicyclic amines) is 1. The minimum Gasteiger partial charge on any atom is -0.483 e. The normalized spacial score (nSPS) is 24.3. The number of piperidine rings is 1. The standard InChI is InChI=1S/C21H31N3O3.CH2O2/c1-15-8-12-24(13-9-15)21(27)17-3-4-19(25)18(14-17)23-20(26)5-2-16-6-10-22-11-7-16;2-1-3/h6-7,10-11,15,17-19,25H,2-5,8-9,12-14H2,1H3,(H,23,26);1H,(H,2,3)/t17-,18+,19+;/m0./s1. The van der Waals surface area contributed by atoms with Gasteiger partial charge in [-0.2, -0.15) is 0 Å². The number of aliphatic hydroxyl groups is 1. The number of amides is 2. The zero-order chi connectivity index (χ0) is 21.9. The Morgan fingerprint density at radius 2 is 1.83 bits per heavy atom. The van der Waals surface area contributed by atoms with Crippen molar-refractivity contribution in [2.75, 3.05) is 13.1 Å². The van der Waals surface area contributed by atoms with Gasteiger partial charge in [-0.15, -0.1) is 0 Å². The van der Waals surface area contributed by atoms with Crippen molar-refractivity contribution in [3.63, 3.8) is 0 Å². The van der Waals surface area contributed by atoms with Gasteiger partial charge in [0.2, 0.25) is 11.8 Å². The average molecular weight is 420 g/mol. The van der Waals surface area contributed by atoms with Crippen LogP contribution in [0.1, 0.15) is 51.0 Å². The summed E-state index contributed by atoms with van der Waals surface area (Å²) in [5.41, 5.74) is 1.07. The van der Waals surface area contributed by atoms with Gasteiger partial charge in [0.15, 0.2) is 0 Å². The molecule has 1 saturated heterocycles. The lowest BCUT2D eigenvalue weighted by atomic mass is 9.82. The number of rotatable bonds is 5. The van der Waals surface area contributed by atoms with Crippen molar-refractivity contribution in [2.45, 2.75) is 64.0 Å². The number of nitrogens with one attached hydrogen (secondary N) is 1. The number of aryl methyl sites for hydroxylation is 1. The SMILES string of the molecule is CC1CCN(C(=O)[C@H]2CC[C@@H](O)[C@H](NC(=O)CCc3ccncc3)C2)CC1.O=CO. The highest BCUT2D eigenvalue weighted by atomic mass is 16.3. The van der Waals surface area contributed by atoms with E-state index in [0.29, 0.717) is 38.0 Å². The number of carbonyl (C=O) groups excluding carboxylic acids is 2.